The number of H-pyrrole nitrogens is 1. The van der Waals surface area contributed by atoms with Crippen LogP contribution >= 0.6 is 0 Å². The van der Waals surface area contributed by atoms with Crippen molar-refractivity contribution < 1.29 is 9.53 Å². The summed E-state index contributed by atoms with van der Waals surface area (Å²) in [6.07, 6.45) is 1.71. The number of esters is 1. The Hall–Kier alpha value is -3.28. The number of carbonyl (C=O) groups excluding carboxylic acids is 1. The first-order valence-corrected chi connectivity index (χ1v) is 8.01. The summed E-state index contributed by atoms with van der Waals surface area (Å²) in [4.78, 5) is 19.2. The van der Waals surface area contributed by atoms with E-state index in [0.29, 0.717) is 11.6 Å². The van der Waals surface area contributed by atoms with Gasteiger partial charge in [0.2, 0.25) is 5.95 Å². The summed E-state index contributed by atoms with van der Waals surface area (Å²) < 4.78 is 5.23. The van der Waals surface area contributed by atoms with E-state index in [4.69, 9.17) is 4.74 Å². The van der Waals surface area contributed by atoms with E-state index in [-0.39, 0.29) is 19.1 Å². The molecule has 0 amide bonds. The van der Waals surface area contributed by atoms with E-state index in [1.165, 1.54) is 5.56 Å². The van der Waals surface area contributed by atoms with Gasteiger partial charge in [0.05, 0.1) is 5.69 Å². The topological polar surface area (TPSA) is 79.0 Å². The lowest BCUT2D eigenvalue weighted by molar-refractivity contribution is -0.142. The highest BCUT2D eigenvalue weighted by Crippen LogP contribution is 2.13. The third-order valence-corrected chi connectivity index (χ3v) is 3.54. The summed E-state index contributed by atoms with van der Waals surface area (Å²) in [6, 6.07) is 17.5. The summed E-state index contributed by atoms with van der Waals surface area (Å²) in [6.45, 7) is 2.26. The van der Waals surface area contributed by atoms with Gasteiger partial charge >= 0.3 is 5.97 Å². The predicted molar refractivity (Wildman–Crippen MR) is 97.8 cm³/mol. The first kappa shape index (κ1) is 16.6. The summed E-state index contributed by atoms with van der Waals surface area (Å²) in [5.74, 6) is 0.274. The highest BCUT2D eigenvalue weighted by atomic mass is 16.5. The molecule has 128 valence electrons. The van der Waals surface area contributed by atoms with Gasteiger partial charge in [0.25, 0.3) is 0 Å². The molecule has 0 spiro atoms. The molecule has 2 aromatic carbocycles. The van der Waals surface area contributed by atoms with E-state index in [2.05, 4.69) is 20.6 Å². The van der Waals surface area contributed by atoms with E-state index in [1.54, 1.807) is 6.20 Å². The van der Waals surface area contributed by atoms with Crippen LogP contribution < -0.4 is 10.6 Å². The molecule has 6 nitrogen and oxygen atoms in total. The van der Waals surface area contributed by atoms with Crippen molar-refractivity contribution in [1.29, 1.82) is 0 Å². The van der Waals surface area contributed by atoms with E-state index < -0.39 is 0 Å². The zero-order chi connectivity index (χ0) is 17.5. The molecule has 0 atom stereocenters. The van der Waals surface area contributed by atoms with Crippen LogP contribution in [0.4, 0.5) is 17.3 Å². The van der Waals surface area contributed by atoms with Gasteiger partial charge in [0.1, 0.15) is 13.2 Å². The van der Waals surface area contributed by atoms with E-state index in [1.807, 2.05) is 61.5 Å². The Labute approximate surface area is 146 Å². The molecule has 0 radical (unpaired) electrons. The number of aryl methyl sites for hydroxylation is 1. The third kappa shape index (κ3) is 5.10. The smallest absolute Gasteiger partial charge is 0.325 e. The maximum absolute atomic E-state index is 11.8. The Morgan fingerprint density at radius 1 is 1.08 bits per heavy atom. The fourth-order valence-corrected chi connectivity index (χ4v) is 2.21. The monoisotopic (exact) mass is 336 g/mol. The number of hydrogen-bond donors (Lipinski definition) is 3. The maximum atomic E-state index is 11.8. The van der Waals surface area contributed by atoms with Gasteiger partial charge in [-0.2, -0.15) is 0 Å². The largest absolute Gasteiger partial charge is 0.458 e. The Balaban J connectivity index is 1.43. The molecule has 0 unspecified atom stereocenters. The van der Waals surface area contributed by atoms with Gasteiger partial charge in [-0.25, -0.2) is 4.98 Å². The van der Waals surface area contributed by atoms with Crippen molar-refractivity contribution in [3.63, 3.8) is 0 Å². The fraction of sp³-hybridized carbons (Fsp3) is 0.158. The lowest BCUT2D eigenvalue weighted by Gasteiger charge is -2.06. The Morgan fingerprint density at radius 3 is 2.60 bits per heavy atom. The molecule has 0 aliphatic carbocycles. The Bertz CT molecular complexity index is 813. The minimum Gasteiger partial charge on any atom is -0.458 e. The van der Waals surface area contributed by atoms with Gasteiger partial charge < -0.3 is 20.4 Å². The number of aromatic nitrogens is 2. The molecule has 0 saturated heterocycles. The number of ether oxygens (including phenoxy) is 1. The van der Waals surface area contributed by atoms with Crippen LogP contribution in [0.2, 0.25) is 0 Å². The molecule has 3 N–H and O–H groups in total. The predicted octanol–water partition coefficient (Wildman–Crippen LogP) is 3.62. The van der Waals surface area contributed by atoms with Crippen molar-refractivity contribution in [2.24, 2.45) is 0 Å². The zero-order valence-electron chi connectivity index (χ0n) is 14.0. The molecule has 3 rings (SSSR count). The van der Waals surface area contributed by atoms with E-state index in [0.717, 1.165) is 11.4 Å². The first-order valence-electron chi connectivity index (χ1n) is 8.01. The SMILES string of the molecule is Cc1ccc(NCC(=O)OCc2c[nH]c(Nc3ccccc3)n2)cc1. The number of nitrogens with one attached hydrogen (secondary N) is 3. The van der Waals surface area contributed by atoms with E-state index in [9.17, 15) is 4.79 Å². The number of carbonyl (C=O) groups is 1. The summed E-state index contributed by atoms with van der Waals surface area (Å²) in [5.41, 5.74) is 3.65. The number of para-hydroxylation sites is 1. The zero-order valence-corrected chi connectivity index (χ0v) is 14.0. The van der Waals surface area contributed by atoms with E-state index >= 15 is 0 Å². The number of aromatic amines is 1. The average molecular weight is 336 g/mol. The second kappa shape index (κ2) is 8.01. The van der Waals surface area contributed by atoms with Crippen LogP contribution in [0.1, 0.15) is 11.3 Å². The van der Waals surface area contributed by atoms with Crippen molar-refractivity contribution in [2.75, 3.05) is 17.2 Å². The lowest BCUT2D eigenvalue weighted by Crippen LogP contribution is -2.16. The molecular weight excluding hydrogens is 316 g/mol. The molecular formula is C19H20N4O2. The van der Waals surface area contributed by atoms with Crippen LogP contribution in [0.25, 0.3) is 0 Å². The van der Waals surface area contributed by atoms with Gasteiger partial charge in [-0.3, -0.25) is 4.79 Å². The molecule has 25 heavy (non-hydrogen) atoms. The Kier molecular flexibility index (Phi) is 5.31. The van der Waals surface area contributed by atoms with Gasteiger partial charge in [-0.1, -0.05) is 35.9 Å². The van der Waals surface area contributed by atoms with Crippen LogP contribution in [0.5, 0.6) is 0 Å². The van der Waals surface area contributed by atoms with Gasteiger partial charge in [0, 0.05) is 17.6 Å². The van der Waals surface area contributed by atoms with Crippen molar-refractivity contribution in [3.05, 3.63) is 72.1 Å². The highest BCUT2D eigenvalue weighted by molar-refractivity contribution is 5.75. The number of benzene rings is 2. The fourth-order valence-electron chi connectivity index (χ4n) is 2.21. The molecule has 0 bridgehead atoms. The molecule has 1 heterocycles. The maximum Gasteiger partial charge on any atom is 0.325 e. The van der Waals surface area contributed by atoms with Crippen LogP contribution in [-0.4, -0.2) is 22.5 Å². The second-order valence-electron chi connectivity index (χ2n) is 5.61. The molecule has 0 fully saturated rings. The van der Waals surface area contributed by atoms with Gasteiger partial charge in [0.15, 0.2) is 0 Å². The second-order valence-corrected chi connectivity index (χ2v) is 5.61. The molecule has 3 aromatic rings. The summed E-state index contributed by atoms with van der Waals surface area (Å²) >= 11 is 0. The average Bonchev–Trinajstić information content (AvgIpc) is 3.08. The molecule has 1 aromatic heterocycles. The highest BCUT2D eigenvalue weighted by Gasteiger charge is 2.06. The molecule has 0 saturated carbocycles. The minimum atomic E-state index is -0.332. The normalized spacial score (nSPS) is 10.3. The lowest BCUT2D eigenvalue weighted by atomic mass is 10.2. The van der Waals surface area contributed by atoms with Crippen LogP contribution in [0.3, 0.4) is 0 Å². The quantitative estimate of drug-likeness (QED) is 0.574. The number of imidazole rings is 1. The standard InChI is InChI=1S/C19H20N4O2/c1-14-7-9-15(10-8-14)20-12-18(24)25-13-17-11-21-19(23-17)22-16-5-3-2-4-6-16/h2-11,20H,12-13H2,1H3,(H2,21,22,23). The van der Waals surface area contributed by atoms with Crippen LogP contribution in [0.15, 0.2) is 60.8 Å². The van der Waals surface area contributed by atoms with Crippen molar-refractivity contribution in [2.45, 2.75) is 13.5 Å². The molecule has 0 aliphatic rings. The van der Waals surface area contributed by atoms with Crippen LogP contribution in [0, 0.1) is 6.92 Å². The number of anilines is 3. The number of hydrogen-bond acceptors (Lipinski definition) is 5. The van der Waals surface area contributed by atoms with Crippen molar-refractivity contribution in [3.8, 4) is 0 Å². The Morgan fingerprint density at radius 2 is 1.84 bits per heavy atom. The summed E-state index contributed by atoms with van der Waals surface area (Å²) in [7, 11) is 0. The van der Waals surface area contributed by atoms with Crippen molar-refractivity contribution in [1.82, 2.24) is 9.97 Å². The molecule has 0 aliphatic heterocycles. The molecule has 6 heteroatoms. The third-order valence-electron chi connectivity index (χ3n) is 3.54. The van der Waals surface area contributed by atoms with Crippen molar-refractivity contribution >= 4 is 23.3 Å². The minimum absolute atomic E-state index is 0.114. The van der Waals surface area contributed by atoms with Crippen LogP contribution in [-0.2, 0) is 16.1 Å². The van der Waals surface area contributed by atoms with Gasteiger partial charge in [-0.05, 0) is 31.2 Å². The first-order chi connectivity index (χ1) is 12.2. The summed E-state index contributed by atoms with van der Waals surface area (Å²) in [5, 5.41) is 6.17. The van der Waals surface area contributed by atoms with Gasteiger partial charge in [-0.15, -0.1) is 0 Å². The number of nitrogens with zero attached hydrogens (tertiary/aromatic N) is 1. The number of rotatable bonds is 7.